The topological polar surface area (TPSA) is 105 Å². The number of carbonyl (C=O) groups is 2. The minimum absolute atomic E-state index is 0.0712. The number of rotatable bonds is 4. The van der Waals surface area contributed by atoms with Gasteiger partial charge in [-0.1, -0.05) is 41.4 Å². The minimum atomic E-state index is -1.82. The number of carboxylic acid groups (broad SMARTS) is 2. The molecule has 2 heterocycles. The molecule has 1 fully saturated rings. The lowest BCUT2D eigenvalue weighted by atomic mass is 10.1. The molecule has 0 aromatic heterocycles. The van der Waals surface area contributed by atoms with Crippen LogP contribution in [0.15, 0.2) is 23.2 Å². The zero-order valence-corrected chi connectivity index (χ0v) is 18.3. The molecular weight excluding hydrogens is 439 g/mol. The van der Waals surface area contributed by atoms with Crippen molar-refractivity contribution >= 4 is 57.8 Å². The van der Waals surface area contributed by atoms with Gasteiger partial charge in [-0.05, 0) is 51.1 Å². The maximum atomic E-state index is 9.10. The van der Waals surface area contributed by atoms with Gasteiger partial charge in [-0.2, -0.15) is 0 Å². The average molecular weight is 463 g/mol. The van der Waals surface area contributed by atoms with E-state index < -0.39 is 11.9 Å². The summed E-state index contributed by atoms with van der Waals surface area (Å²) < 4.78 is 0. The quantitative estimate of drug-likeness (QED) is 0.584. The third kappa shape index (κ3) is 7.67. The standard InChI is InChI=1S/C16H22Cl2N4S.C2H2O4/c1-12-19-16(23-10-9-21-7-3-2-4-8-21)22(20-12)13-5-6-14(17)15(18)11-13;3-1(4)2(5)6/h5-6,11-12,20H,2-4,7-10H2,1H3;(H,3,4)(H,5,6). The average Bonchev–Trinajstić information content (AvgIpc) is 3.06. The van der Waals surface area contributed by atoms with Gasteiger partial charge in [-0.15, -0.1) is 0 Å². The van der Waals surface area contributed by atoms with Gasteiger partial charge in [0.1, 0.15) is 6.17 Å². The van der Waals surface area contributed by atoms with Crippen molar-refractivity contribution in [2.75, 3.05) is 30.4 Å². The number of anilines is 1. The van der Waals surface area contributed by atoms with Crippen molar-refractivity contribution in [2.24, 2.45) is 4.99 Å². The summed E-state index contributed by atoms with van der Waals surface area (Å²) in [6.07, 6.45) is 4.11. The number of carboxylic acids is 2. The van der Waals surface area contributed by atoms with E-state index in [1.807, 2.05) is 30.1 Å². The van der Waals surface area contributed by atoms with Gasteiger partial charge < -0.3 is 15.1 Å². The van der Waals surface area contributed by atoms with Gasteiger partial charge in [0, 0.05) is 12.3 Å². The number of aliphatic imine (C=N–C) groups is 1. The predicted octanol–water partition coefficient (Wildman–Crippen LogP) is 3.39. The van der Waals surface area contributed by atoms with Crippen molar-refractivity contribution in [3.05, 3.63) is 28.2 Å². The fourth-order valence-corrected chi connectivity index (χ4v) is 4.20. The highest BCUT2D eigenvalue weighted by atomic mass is 35.5. The van der Waals surface area contributed by atoms with Gasteiger partial charge >= 0.3 is 11.9 Å². The van der Waals surface area contributed by atoms with Gasteiger partial charge in [-0.25, -0.2) is 20.0 Å². The molecule has 0 bridgehead atoms. The van der Waals surface area contributed by atoms with Crippen molar-refractivity contribution in [2.45, 2.75) is 32.4 Å². The highest BCUT2D eigenvalue weighted by molar-refractivity contribution is 8.14. The lowest BCUT2D eigenvalue weighted by molar-refractivity contribution is -0.159. The number of hydrogen-bond acceptors (Lipinski definition) is 7. The van der Waals surface area contributed by atoms with E-state index >= 15 is 0 Å². The van der Waals surface area contributed by atoms with Crippen LogP contribution in [0.2, 0.25) is 10.0 Å². The summed E-state index contributed by atoms with van der Waals surface area (Å²) in [5.74, 6) is -2.60. The first kappa shape index (κ1) is 23.8. The molecule has 2 aliphatic heterocycles. The highest BCUT2D eigenvalue weighted by Gasteiger charge is 2.24. The number of benzene rings is 1. The smallest absolute Gasteiger partial charge is 0.414 e. The molecule has 2 aliphatic rings. The second-order valence-electron chi connectivity index (χ2n) is 6.51. The number of likely N-dealkylation sites (tertiary alicyclic amines) is 1. The van der Waals surface area contributed by atoms with E-state index in [-0.39, 0.29) is 6.17 Å². The molecule has 1 atom stereocenters. The predicted molar refractivity (Wildman–Crippen MR) is 117 cm³/mol. The molecule has 0 spiro atoms. The van der Waals surface area contributed by atoms with Crippen LogP contribution in [-0.4, -0.2) is 63.8 Å². The van der Waals surface area contributed by atoms with Crippen LogP contribution < -0.4 is 10.4 Å². The van der Waals surface area contributed by atoms with E-state index in [1.54, 1.807) is 11.8 Å². The highest BCUT2D eigenvalue weighted by Crippen LogP contribution is 2.29. The van der Waals surface area contributed by atoms with Crippen LogP contribution in [0.1, 0.15) is 26.2 Å². The molecule has 1 saturated heterocycles. The number of nitrogens with zero attached hydrogens (tertiary/aromatic N) is 3. The zero-order valence-electron chi connectivity index (χ0n) is 16.0. The van der Waals surface area contributed by atoms with E-state index in [4.69, 9.17) is 43.0 Å². The second-order valence-corrected chi connectivity index (χ2v) is 8.39. The minimum Gasteiger partial charge on any atom is -0.473 e. The summed E-state index contributed by atoms with van der Waals surface area (Å²) in [7, 11) is 0. The summed E-state index contributed by atoms with van der Waals surface area (Å²) in [5.41, 5.74) is 4.31. The normalized spacial score (nSPS) is 19.3. The van der Waals surface area contributed by atoms with Crippen LogP contribution in [0.5, 0.6) is 0 Å². The van der Waals surface area contributed by atoms with E-state index in [9.17, 15) is 0 Å². The number of thioether (sulfide) groups is 1. The molecule has 3 rings (SSSR count). The number of aliphatic carboxylic acids is 2. The summed E-state index contributed by atoms with van der Waals surface area (Å²) in [6, 6.07) is 5.65. The van der Waals surface area contributed by atoms with Crippen LogP contribution in [0.25, 0.3) is 0 Å². The largest absolute Gasteiger partial charge is 0.473 e. The number of amidine groups is 1. The van der Waals surface area contributed by atoms with Crippen molar-refractivity contribution in [3.8, 4) is 0 Å². The van der Waals surface area contributed by atoms with Gasteiger partial charge in [0.2, 0.25) is 0 Å². The Hall–Kier alpha value is -1.52. The first-order chi connectivity index (χ1) is 13.8. The molecule has 8 nitrogen and oxygen atoms in total. The Balaban J connectivity index is 0.000000438. The number of hydrazine groups is 1. The van der Waals surface area contributed by atoms with E-state index in [0.29, 0.717) is 10.0 Å². The first-order valence-corrected chi connectivity index (χ1v) is 10.9. The van der Waals surface area contributed by atoms with E-state index in [2.05, 4.69) is 15.3 Å². The fourth-order valence-electron chi connectivity index (χ4n) is 2.85. The van der Waals surface area contributed by atoms with E-state index in [1.165, 1.54) is 32.4 Å². The van der Waals surface area contributed by atoms with Crippen molar-refractivity contribution in [3.63, 3.8) is 0 Å². The molecule has 0 radical (unpaired) electrons. The molecule has 160 valence electrons. The number of hydrogen-bond donors (Lipinski definition) is 3. The van der Waals surface area contributed by atoms with Crippen LogP contribution in [0, 0.1) is 0 Å². The summed E-state index contributed by atoms with van der Waals surface area (Å²) in [4.78, 5) is 25.4. The SMILES string of the molecule is CC1N=C(SCCN2CCCCC2)N(c2ccc(Cl)c(Cl)c2)N1.O=C(O)C(=O)O. The zero-order chi connectivity index (χ0) is 21.4. The Labute approximate surface area is 183 Å². The molecular formula is C18H24Cl2N4O4S. The molecule has 0 saturated carbocycles. The number of piperidine rings is 1. The molecule has 1 aromatic rings. The van der Waals surface area contributed by atoms with Crippen LogP contribution >= 0.6 is 35.0 Å². The third-order valence-electron chi connectivity index (χ3n) is 4.24. The van der Waals surface area contributed by atoms with Crippen LogP contribution in [0.4, 0.5) is 5.69 Å². The molecule has 3 N–H and O–H groups in total. The number of halogens is 2. The van der Waals surface area contributed by atoms with Gasteiger partial charge in [0.05, 0.1) is 15.7 Å². The summed E-state index contributed by atoms with van der Waals surface area (Å²) >= 11 is 13.9. The monoisotopic (exact) mass is 462 g/mol. The number of nitrogens with one attached hydrogen (secondary N) is 1. The molecule has 11 heteroatoms. The molecule has 1 aromatic carbocycles. The molecule has 1 unspecified atom stereocenters. The summed E-state index contributed by atoms with van der Waals surface area (Å²) in [5, 5.41) is 18.9. The maximum absolute atomic E-state index is 9.10. The lowest BCUT2D eigenvalue weighted by Crippen LogP contribution is -2.39. The Morgan fingerprint density at radius 2 is 1.83 bits per heavy atom. The lowest BCUT2D eigenvalue weighted by Gasteiger charge is -2.26. The molecule has 0 amide bonds. The van der Waals surface area contributed by atoms with Crippen molar-refractivity contribution in [1.29, 1.82) is 0 Å². The van der Waals surface area contributed by atoms with Crippen molar-refractivity contribution in [1.82, 2.24) is 10.3 Å². The van der Waals surface area contributed by atoms with Crippen LogP contribution in [0.3, 0.4) is 0 Å². The van der Waals surface area contributed by atoms with Gasteiger partial charge in [-0.3, -0.25) is 5.01 Å². The Kier molecular flexibility index (Phi) is 9.51. The Morgan fingerprint density at radius 3 is 2.41 bits per heavy atom. The van der Waals surface area contributed by atoms with E-state index in [0.717, 1.165) is 23.2 Å². The molecule has 0 aliphatic carbocycles. The van der Waals surface area contributed by atoms with Crippen LogP contribution in [-0.2, 0) is 9.59 Å². The Morgan fingerprint density at radius 1 is 1.17 bits per heavy atom. The fraction of sp³-hybridized carbons (Fsp3) is 0.500. The Bertz CT molecular complexity index is 747. The van der Waals surface area contributed by atoms with Gasteiger partial charge in [0.15, 0.2) is 5.17 Å². The molecule has 29 heavy (non-hydrogen) atoms. The first-order valence-electron chi connectivity index (χ1n) is 9.18. The second kappa shape index (κ2) is 11.6. The van der Waals surface area contributed by atoms with Gasteiger partial charge in [0.25, 0.3) is 0 Å². The van der Waals surface area contributed by atoms with Crippen molar-refractivity contribution < 1.29 is 19.8 Å². The summed E-state index contributed by atoms with van der Waals surface area (Å²) in [6.45, 7) is 5.63. The maximum Gasteiger partial charge on any atom is 0.414 e. The third-order valence-corrected chi connectivity index (χ3v) is 5.91.